The Kier molecular flexibility index (Phi) is 5.06. The molecule has 2 heterocycles. The van der Waals surface area contributed by atoms with Gasteiger partial charge in [0.25, 0.3) is 0 Å². The van der Waals surface area contributed by atoms with E-state index in [0.29, 0.717) is 24.5 Å². The Bertz CT molecular complexity index is 552. The molecule has 1 fully saturated rings. The van der Waals surface area contributed by atoms with Gasteiger partial charge in [-0.15, -0.1) is 11.6 Å². The van der Waals surface area contributed by atoms with Crippen molar-refractivity contribution in [3.05, 3.63) is 11.4 Å². The minimum atomic E-state index is -3.59. The van der Waals surface area contributed by atoms with Crippen molar-refractivity contribution in [3.8, 4) is 0 Å². The highest BCUT2D eigenvalue weighted by Gasteiger charge is 2.30. The van der Waals surface area contributed by atoms with E-state index < -0.39 is 10.0 Å². The normalized spacial score (nSPS) is 20.5. The number of likely N-dealkylation sites (N-methyl/N-ethyl adjacent to an activating group) is 1. The number of H-pyrrole nitrogens is 1. The number of hydrogen-bond donors (Lipinski definition) is 1. The topological polar surface area (TPSA) is 75.3 Å². The molecule has 8 heteroatoms. The molecular weight excluding hydrogens is 302 g/mol. The Morgan fingerprint density at radius 2 is 2.25 bits per heavy atom. The molecule has 2 rings (SSSR count). The standard InChI is InChI=1S/C12H20ClN3O3S/c1-9-12(11(7-13)15-14-9)20(17,18)16(2)8-10-5-3-4-6-19-10/h10H,3-8H2,1-2H3,(H,14,15). The minimum absolute atomic E-state index is 0.0322. The number of rotatable bonds is 5. The van der Waals surface area contributed by atoms with Crippen LogP contribution in [0, 0.1) is 6.92 Å². The van der Waals surface area contributed by atoms with E-state index in [2.05, 4.69) is 10.2 Å². The minimum Gasteiger partial charge on any atom is -0.377 e. The van der Waals surface area contributed by atoms with Crippen LogP contribution < -0.4 is 0 Å². The number of alkyl halides is 1. The molecule has 1 unspecified atom stereocenters. The molecule has 0 aliphatic carbocycles. The molecule has 114 valence electrons. The molecule has 6 nitrogen and oxygen atoms in total. The second-order valence-electron chi connectivity index (χ2n) is 5.03. The van der Waals surface area contributed by atoms with Crippen LogP contribution in [0.15, 0.2) is 4.90 Å². The lowest BCUT2D eigenvalue weighted by atomic mass is 10.1. The first-order valence-electron chi connectivity index (χ1n) is 6.64. The van der Waals surface area contributed by atoms with Crippen molar-refractivity contribution in [2.45, 2.75) is 43.1 Å². The van der Waals surface area contributed by atoms with Crippen LogP contribution in [-0.2, 0) is 20.6 Å². The fraction of sp³-hybridized carbons (Fsp3) is 0.750. The van der Waals surface area contributed by atoms with Crippen molar-refractivity contribution in [1.29, 1.82) is 0 Å². The number of aryl methyl sites for hydroxylation is 1. The van der Waals surface area contributed by atoms with E-state index in [4.69, 9.17) is 16.3 Å². The SMILES string of the molecule is Cc1[nH]nc(CCl)c1S(=O)(=O)N(C)CC1CCCCO1. The third-order valence-electron chi connectivity index (χ3n) is 3.49. The largest absolute Gasteiger partial charge is 0.377 e. The smallest absolute Gasteiger partial charge is 0.246 e. The molecule has 1 atom stereocenters. The summed E-state index contributed by atoms with van der Waals surface area (Å²) < 4.78 is 32.2. The summed E-state index contributed by atoms with van der Waals surface area (Å²) >= 11 is 5.76. The van der Waals surface area contributed by atoms with Crippen LogP contribution >= 0.6 is 11.6 Å². The molecule has 0 radical (unpaired) electrons. The summed E-state index contributed by atoms with van der Waals surface area (Å²) in [5.41, 5.74) is 0.873. The first-order chi connectivity index (χ1) is 9.46. The van der Waals surface area contributed by atoms with Crippen molar-refractivity contribution in [3.63, 3.8) is 0 Å². The molecule has 0 saturated carbocycles. The Hall–Kier alpha value is -0.630. The zero-order valence-electron chi connectivity index (χ0n) is 11.7. The molecule has 1 aliphatic rings. The molecule has 0 amide bonds. The number of sulfonamides is 1. The second-order valence-corrected chi connectivity index (χ2v) is 7.28. The van der Waals surface area contributed by atoms with Crippen LogP contribution in [0.4, 0.5) is 0 Å². The van der Waals surface area contributed by atoms with Gasteiger partial charge in [-0.1, -0.05) is 0 Å². The Morgan fingerprint density at radius 1 is 1.50 bits per heavy atom. The van der Waals surface area contributed by atoms with Gasteiger partial charge >= 0.3 is 0 Å². The molecule has 1 aromatic heterocycles. The molecule has 0 aromatic carbocycles. The number of ether oxygens (including phenoxy) is 1. The molecule has 1 aliphatic heterocycles. The van der Waals surface area contributed by atoms with E-state index >= 15 is 0 Å². The molecule has 0 spiro atoms. The van der Waals surface area contributed by atoms with E-state index in [-0.39, 0.29) is 16.9 Å². The van der Waals surface area contributed by atoms with Crippen molar-refractivity contribution < 1.29 is 13.2 Å². The quantitative estimate of drug-likeness (QED) is 0.837. The van der Waals surface area contributed by atoms with Gasteiger partial charge in [-0.2, -0.15) is 9.40 Å². The third kappa shape index (κ3) is 3.16. The molecular formula is C12H20ClN3O3S. The maximum absolute atomic E-state index is 12.6. The van der Waals surface area contributed by atoms with Crippen LogP contribution in [0.25, 0.3) is 0 Å². The predicted octanol–water partition coefficient (Wildman–Crippen LogP) is 1.65. The lowest BCUT2D eigenvalue weighted by molar-refractivity contribution is 0.00858. The fourth-order valence-corrected chi connectivity index (χ4v) is 4.19. The maximum atomic E-state index is 12.6. The summed E-state index contributed by atoms with van der Waals surface area (Å²) in [6, 6.07) is 0. The third-order valence-corrected chi connectivity index (χ3v) is 5.77. The van der Waals surface area contributed by atoms with Gasteiger partial charge in [0.15, 0.2) is 0 Å². The zero-order valence-corrected chi connectivity index (χ0v) is 13.3. The predicted molar refractivity (Wildman–Crippen MR) is 76.3 cm³/mol. The zero-order chi connectivity index (χ0) is 14.8. The summed E-state index contributed by atoms with van der Waals surface area (Å²) in [7, 11) is -2.03. The van der Waals surface area contributed by atoms with Gasteiger partial charge < -0.3 is 4.74 Å². The highest BCUT2D eigenvalue weighted by Crippen LogP contribution is 2.24. The van der Waals surface area contributed by atoms with Crippen molar-refractivity contribution in [1.82, 2.24) is 14.5 Å². The fourth-order valence-electron chi connectivity index (χ4n) is 2.39. The first kappa shape index (κ1) is 15.8. The number of aromatic amines is 1. The van der Waals surface area contributed by atoms with E-state index in [1.54, 1.807) is 14.0 Å². The highest BCUT2D eigenvalue weighted by atomic mass is 35.5. The molecule has 1 aromatic rings. The molecule has 20 heavy (non-hydrogen) atoms. The van der Waals surface area contributed by atoms with E-state index in [1.807, 2.05) is 0 Å². The van der Waals surface area contributed by atoms with E-state index in [1.165, 1.54) is 4.31 Å². The summed E-state index contributed by atoms with van der Waals surface area (Å²) in [6.45, 7) is 2.74. The van der Waals surface area contributed by atoms with Crippen molar-refractivity contribution >= 4 is 21.6 Å². The second kappa shape index (κ2) is 6.43. The summed E-state index contributed by atoms with van der Waals surface area (Å²) in [5, 5.41) is 6.62. The number of aromatic nitrogens is 2. The van der Waals surface area contributed by atoms with Gasteiger partial charge in [0.1, 0.15) is 4.90 Å². The first-order valence-corrected chi connectivity index (χ1v) is 8.62. The van der Waals surface area contributed by atoms with E-state index in [0.717, 1.165) is 19.3 Å². The van der Waals surface area contributed by atoms with Crippen LogP contribution in [0.5, 0.6) is 0 Å². The highest BCUT2D eigenvalue weighted by molar-refractivity contribution is 7.89. The monoisotopic (exact) mass is 321 g/mol. The number of hydrogen-bond acceptors (Lipinski definition) is 4. The lowest BCUT2D eigenvalue weighted by Gasteiger charge is -2.27. The van der Waals surface area contributed by atoms with Crippen LogP contribution in [-0.4, -0.2) is 49.2 Å². The van der Waals surface area contributed by atoms with Crippen LogP contribution in [0.2, 0.25) is 0 Å². The number of halogens is 1. The number of nitrogens with one attached hydrogen (secondary N) is 1. The van der Waals surface area contributed by atoms with Crippen molar-refractivity contribution in [2.24, 2.45) is 0 Å². The van der Waals surface area contributed by atoms with Gasteiger partial charge in [0, 0.05) is 20.2 Å². The van der Waals surface area contributed by atoms with Gasteiger partial charge in [-0.25, -0.2) is 8.42 Å². The lowest BCUT2D eigenvalue weighted by Crippen LogP contribution is -2.37. The maximum Gasteiger partial charge on any atom is 0.246 e. The van der Waals surface area contributed by atoms with Gasteiger partial charge in [-0.3, -0.25) is 5.10 Å². The Labute approximate surface area is 124 Å². The summed E-state index contributed by atoms with van der Waals surface area (Å²) in [6.07, 6.45) is 2.99. The summed E-state index contributed by atoms with van der Waals surface area (Å²) in [4.78, 5) is 0.186. The van der Waals surface area contributed by atoms with Gasteiger partial charge in [0.2, 0.25) is 10.0 Å². The molecule has 0 bridgehead atoms. The van der Waals surface area contributed by atoms with E-state index in [9.17, 15) is 8.42 Å². The van der Waals surface area contributed by atoms with Crippen LogP contribution in [0.3, 0.4) is 0 Å². The molecule has 1 saturated heterocycles. The van der Waals surface area contributed by atoms with Gasteiger partial charge in [0.05, 0.1) is 23.4 Å². The molecule has 1 N–H and O–H groups in total. The average molecular weight is 322 g/mol. The Morgan fingerprint density at radius 3 is 2.85 bits per heavy atom. The average Bonchev–Trinajstić information content (AvgIpc) is 2.81. The summed E-state index contributed by atoms with van der Waals surface area (Å²) in [5.74, 6) is 0.0622. The van der Waals surface area contributed by atoms with Gasteiger partial charge in [-0.05, 0) is 26.2 Å². The number of nitrogens with zero attached hydrogens (tertiary/aromatic N) is 2. The Balaban J connectivity index is 2.18. The van der Waals surface area contributed by atoms with Crippen LogP contribution in [0.1, 0.15) is 30.7 Å². The van der Waals surface area contributed by atoms with Crippen molar-refractivity contribution in [2.75, 3.05) is 20.2 Å².